The van der Waals surface area contributed by atoms with E-state index >= 15 is 0 Å². The molecule has 0 saturated carbocycles. The summed E-state index contributed by atoms with van der Waals surface area (Å²) in [5.41, 5.74) is 0.910. The molecule has 6 nitrogen and oxygen atoms in total. The van der Waals surface area contributed by atoms with Gasteiger partial charge in [-0.15, -0.1) is 0 Å². The van der Waals surface area contributed by atoms with Crippen molar-refractivity contribution in [3.05, 3.63) is 54.0 Å². The fourth-order valence-electron chi connectivity index (χ4n) is 2.26. The quantitative estimate of drug-likeness (QED) is 0.803. The Bertz CT molecular complexity index is 650. The van der Waals surface area contributed by atoms with Crippen molar-refractivity contribution in [2.24, 2.45) is 0 Å². The van der Waals surface area contributed by atoms with E-state index in [1.807, 2.05) is 30.3 Å². The van der Waals surface area contributed by atoms with Crippen LogP contribution in [-0.2, 0) is 22.6 Å². The number of hydrogen-bond donors (Lipinski definition) is 1. The van der Waals surface area contributed by atoms with Gasteiger partial charge in [0.2, 0.25) is 11.8 Å². The number of nitrogens with one attached hydrogen (secondary N) is 1. The summed E-state index contributed by atoms with van der Waals surface area (Å²) in [5.74, 6) is 1.33. The van der Waals surface area contributed by atoms with E-state index in [0.717, 1.165) is 17.1 Å². The molecule has 1 N–H and O–H groups in total. The number of carbonyl (C=O) groups is 2. The lowest BCUT2D eigenvalue weighted by Gasteiger charge is -2.20. The van der Waals surface area contributed by atoms with E-state index in [9.17, 15) is 9.59 Å². The van der Waals surface area contributed by atoms with Gasteiger partial charge in [-0.2, -0.15) is 0 Å². The highest BCUT2D eigenvalue weighted by Crippen LogP contribution is 2.11. The molecule has 0 aliphatic heterocycles. The molecular formula is C18H22N2O4. The Kier molecular flexibility index (Phi) is 6.42. The fourth-order valence-corrected chi connectivity index (χ4v) is 2.26. The van der Waals surface area contributed by atoms with Crippen LogP contribution < -0.4 is 10.1 Å². The summed E-state index contributed by atoms with van der Waals surface area (Å²) in [6.45, 7) is 2.73. The molecule has 0 bridgehead atoms. The van der Waals surface area contributed by atoms with Crippen LogP contribution in [0.3, 0.4) is 0 Å². The van der Waals surface area contributed by atoms with Crippen molar-refractivity contribution >= 4 is 11.8 Å². The van der Waals surface area contributed by atoms with Gasteiger partial charge in [0.1, 0.15) is 11.5 Å². The minimum absolute atomic E-state index is 0.0594. The molecule has 0 fully saturated rings. The van der Waals surface area contributed by atoms with E-state index in [1.54, 1.807) is 24.3 Å². The third-order valence-electron chi connectivity index (χ3n) is 3.60. The molecule has 1 aromatic carbocycles. The molecule has 0 spiro atoms. The number of furan rings is 1. The number of ether oxygens (including phenoxy) is 1. The number of nitrogens with zero attached hydrogens (tertiary/aromatic N) is 1. The maximum Gasteiger partial charge on any atom is 0.224 e. The SMILES string of the molecule is COc1ccc(CC(=O)NCCN(Cc2ccco2)C(C)=O)cc1. The predicted octanol–water partition coefficient (Wildman–Crippen LogP) is 2.00. The van der Waals surface area contributed by atoms with Gasteiger partial charge in [0.25, 0.3) is 0 Å². The summed E-state index contributed by atoms with van der Waals surface area (Å²) in [4.78, 5) is 25.3. The van der Waals surface area contributed by atoms with Crippen molar-refractivity contribution in [1.29, 1.82) is 0 Å². The van der Waals surface area contributed by atoms with E-state index in [-0.39, 0.29) is 11.8 Å². The monoisotopic (exact) mass is 330 g/mol. The van der Waals surface area contributed by atoms with E-state index in [1.165, 1.54) is 6.92 Å². The van der Waals surface area contributed by atoms with Crippen LogP contribution in [0.1, 0.15) is 18.2 Å². The molecule has 2 rings (SSSR count). The predicted molar refractivity (Wildman–Crippen MR) is 89.5 cm³/mol. The molecule has 2 amide bonds. The lowest BCUT2D eigenvalue weighted by Crippen LogP contribution is -2.37. The summed E-state index contributed by atoms with van der Waals surface area (Å²) < 4.78 is 10.3. The number of carbonyl (C=O) groups excluding carboxylic acids is 2. The highest BCUT2D eigenvalue weighted by molar-refractivity contribution is 5.78. The second-order valence-electron chi connectivity index (χ2n) is 5.39. The molecular weight excluding hydrogens is 308 g/mol. The minimum Gasteiger partial charge on any atom is -0.497 e. The highest BCUT2D eigenvalue weighted by atomic mass is 16.5. The van der Waals surface area contributed by atoms with Crippen LogP contribution >= 0.6 is 0 Å². The lowest BCUT2D eigenvalue weighted by molar-refractivity contribution is -0.130. The van der Waals surface area contributed by atoms with Gasteiger partial charge in [-0.1, -0.05) is 12.1 Å². The topological polar surface area (TPSA) is 71.8 Å². The first kappa shape index (κ1) is 17.6. The van der Waals surface area contributed by atoms with Crippen molar-refractivity contribution in [2.45, 2.75) is 19.9 Å². The highest BCUT2D eigenvalue weighted by Gasteiger charge is 2.11. The summed E-state index contributed by atoms with van der Waals surface area (Å²) in [6.07, 6.45) is 1.87. The normalized spacial score (nSPS) is 10.2. The Labute approximate surface area is 141 Å². The first-order valence-electron chi connectivity index (χ1n) is 7.76. The molecule has 128 valence electrons. The molecule has 0 saturated heterocycles. The van der Waals surface area contributed by atoms with Crippen molar-refractivity contribution in [1.82, 2.24) is 10.2 Å². The molecule has 24 heavy (non-hydrogen) atoms. The lowest BCUT2D eigenvalue weighted by atomic mass is 10.1. The molecule has 0 aliphatic rings. The van der Waals surface area contributed by atoms with Crippen LogP contribution in [0.2, 0.25) is 0 Å². The van der Waals surface area contributed by atoms with Crippen molar-refractivity contribution in [3.8, 4) is 5.75 Å². The number of amides is 2. The molecule has 2 aromatic rings. The van der Waals surface area contributed by atoms with Gasteiger partial charge in [-0.25, -0.2) is 0 Å². The van der Waals surface area contributed by atoms with Crippen LogP contribution in [0, 0.1) is 0 Å². The van der Waals surface area contributed by atoms with Crippen molar-refractivity contribution < 1.29 is 18.7 Å². The number of methoxy groups -OCH3 is 1. The Morgan fingerprint density at radius 3 is 2.54 bits per heavy atom. The van der Waals surface area contributed by atoms with Gasteiger partial charge in [-0.3, -0.25) is 9.59 Å². The van der Waals surface area contributed by atoms with Crippen LogP contribution in [0.5, 0.6) is 5.75 Å². The number of hydrogen-bond acceptors (Lipinski definition) is 4. The minimum atomic E-state index is -0.0818. The van der Waals surface area contributed by atoms with E-state index in [0.29, 0.717) is 26.1 Å². The third-order valence-corrected chi connectivity index (χ3v) is 3.60. The smallest absolute Gasteiger partial charge is 0.224 e. The Balaban J connectivity index is 1.76. The third kappa shape index (κ3) is 5.46. The van der Waals surface area contributed by atoms with Crippen LogP contribution in [0.4, 0.5) is 0 Å². The Hall–Kier alpha value is -2.76. The molecule has 1 heterocycles. The van der Waals surface area contributed by atoms with Crippen LogP contribution in [0.25, 0.3) is 0 Å². The Morgan fingerprint density at radius 2 is 1.96 bits per heavy atom. The molecule has 0 unspecified atom stereocenters. The van der Waals surface area contributed by atoms with E-state index in [2.05, 4.69) is 5.32 Å². The Morgan fingerprint density at radius 1 is 1.21 bits per heavy atom. The average Bonchev–Trinajstić information content (AvgIpc) is 3.07. The van der Waals surface area contributed by atoms with E-state index in [4.69, 9.17) is 9.15 Å². The summed E-state index contributed by atoms with van der Waals surface area (Å²) >= 11 is 0. The fraction of sp³-hybridized carbons (Fsp3) is 0.333. The summed E-state index contributed by atoms with van der Waals surface area (Å²) in [5, 5.41) is 2.83. The second-order valence-corrected chi connectivity index (χ2v) is 5.39. The van der Waals surface area contributed by atoms with Gasteiger partial charge in [0, 0.05) is 20.0 Å². The van der Waals surface area contributed by atoms with E-state index < -0.39 is 0 Å². The first-order valence-corrected chi connectivity index (χ1v) is 7.76. The number of rotatable bonds is 8. The zero-order valence-corrected chi connectivity index (χ0v) is 14.0. The second kappa shape index (κ2) is 8.76. The standard InChI is InChI=1S/C18H22N2O4/c1-14(21)20(13-17-4-3-11-24-17)10-9-19-18(22)12-15-5-7-16(23-2)8-6-15/h3-8,11H,9-10,12-13H2,1-2H3,(H,19,22). The van der Waals surface area contributed by atoms with Crippen LogP contribution in [-0.4, -0.2) is 36.9 Å². The molecule has 0 radical (unpaired) electrons. The van der Waals surface area contributed by atoms with Crippen molar-refractivity contribution in [3.63, 3.8) is 0 Å². The zero-order valence-electron chi connectivity index (χ0n) is 14.0. The summed E-state index contributed by atoms with van der Waals surface area (Å²) in [7, 11) is 1.60. The van der Waals surface area contributed by atoms with Gasteiger partial charge in [0.15, 0.2) is 0 Å². The molecule has 0 aliphatic carbocycles. The van der Waals surface area contributed by atoms with Gasteiger partial charge in [-0.05, 0) is 29.8 Å². The molecule has 6 heteroatoms. The zero-order chi connectivity index (χ0) is 17.4. The molecule has 1 aromatic heterocycles. The van der Waals surface area contributed by atoms with Gasteiger partial charge in [0.05, 0.1) is 26.3 Å². The molecule has 0 atom stereocenters. The maximum atomic E-state index is 12.0. The maximum absolute atomic E-state index is 12.0. The first-order chi connectivity index (χ1) is 11.6. The largest absolute Gasteiger partial charge is 0.497 e. The van der Waals surface area contributed by atoms with Gasteiger partial charge >= 0.3 is 0 Å². The van der Waals surface area contributed by atoms with Crippen molar-refractivity contribution in [2.75, 3.05) is 20.2 Å². The van der Waals surface area contributed by atoms with Crippen LogP contribution in [0.15, 0.2) is 47.1 Å². The summed E-state index contributed by atoms with van der Waals surface area (Å²) in [6, 6.07) is 11.0. The van der Waals surface area contributed by atoms with Gasteiger partial charge < -0.3 is 19.4 Å². The number of benzene rings is 1. The average molecular weight is 330 g/mol.